The van der Waals surface area contributed by atoms with E-state index < -0.39 is 11.5 Å². The summed E-state index contributed by atoms with van der Waals surface area (Å²) in [5.74, 6) is -0.521. The Morgan fingerprint density at radius 3 is 2.54 bits per heavy atom. The maximum atomic E-state index is 12.6. The molecule has 2 heterocycles. The van der Waals surface area contributed by atoms with Crippen LogP contribution in [0.1, 0.15) is 42.5 Å². The van der Waals surface area contributed by atoms with Gasteiger partial charge in [0.25, 0.3) is 5.91 Å². The van der Waals surface area contributed by atoms with Gasteiger partial charge in [-0.2, -0.15) is 0 Å². The lowest BCUT2D eigenvalue weighted by Crippen LogP contribution is -2.53. The second-order valence-corrected chi connectivity index (χ2v) is 6.89. The van der Waals surface area contributed by atoms with Gasteiger partial charge < -0.3 is 24.6 Å². The van der Waals surface area contributed by atoms with Crippen molar-refractivity contribution in [2.75, 3.05) is 26.4 Å². The van der Waals surface area contributed by atoms with Crippen LogP contribution in [0.5, 0.6) is 5.75 Å². The lowest BCUT2D eigenvalue weighted by molar-refractivity contribution is -0.139. The molecule has 0 radical (unpaired) electrons. The molecule has 2 N–H and O–H groups in total. The standard InChI is InChI=1S/C19H25NO6/c21-17(22)12-19(7-10-24-11-8-19)20-18(23)14-3-5-15(6-4-14)26-13-16-2-1-9-25-16/h3-6,16H,1-2,7-13H2,(H,20,23)(H,21,22)/t16-/m1/s1. The molecule has 1 atom stereocenters. The summed E-state index contributed by atoms with van der Waals surface area (Å²) in [6.07, 6.45) is 3.10. The highest BCUT2D eigenvalue weighted by Crippen LogP contribution is 2.25. The van der Waals surface area contributed by atoms with Crippen LogP contribution >= 0.6 is 0 Å². The molecule has 1 amide bonds. The highest BCUT2D eigenvalue weighted by atomic mass is 16.5. The molecule has 142 valence electrons. The number of ether oxygens (including phenoxy) is 3. The Labute approximate surface area is 152 Å². The number of benzene rings is 1. The van der Waals surface area contributed by atoms with Gasteiger partial charge in [0.05, 0.1) is 18.1 Å². The highest BCUT2D eigenvalue weighted by molar-refractivity contribution is 5.95. The normalized spacial score (nSPS) is 21.9. The minimum Gasteiger partial charge on any atom is -0.491 e. The Morgan fingerprint density at radius 1 is 1.19 bits per heavy atom. The van der Waals surface area contributed by atoms with Gasteiger partial charge in [-0.05, 0) is 49.9 Å². The SMILES string of the molecule is O=C(O)CC1(NC(=O)c2ccc(OC[C@H]3CCCO3)cc2)CCOCC1. The minimum atomic E-state index is -0.926. The van der Waals surface area contributed by atoms with E-state index in [0.717, 1.165) is 19.4 Å². The van der Waals surface area contributed by atoms with Gasteiger partial charge >= 0.3 is 5.97 Å². The summed E-state index contributed by atoms with van der Waals surface area (Å²) in [7, 11) is 0. The molecular weight excluding hydrogens is 338 g/mol. The third kappa shape index (κ3) is 4.95. The van der Waals surface area contributed by atoms with Crippen molar-refractivity contribution in [3.05, 3.63) is 29.8 Å². The van der Waals surface area contributed by atoms with Crippen molar-refractivity contribution in [3.63, 3.8) is 0 Å². The van der Waals surface area contributed by atoms with Gasteiger partial charge in [0.2, 0.25) is 0 Å². The predicted molar refractivity (Wildman–Crippen MR) is 93.4 cm³/mol. The number of carbonyl (C=O) groups excluding carboxylic acids is 1. The van der Waals surface area contributed by atoms with Crippen LogP contribution in [-0.2, 0) is 14.3 Å². The van der Waals surface area contributed by atoms with Crippen LogP contribution < -0.4 is 10.1 Å². The smallest absolute Gasteiger partial charge is 0.305 e. The largest absolute Gasteiger partial charge is 0.491 e. The zero-order valence-electron chi connectivity index (χ0n) is 14.7. The van der Waals surface area contributed by atoms with Gasteiger partial charge in [-0.3, -0.25) is 9.59 Å². The zero-order valence-corrected chi connectivity index (χ0v) is 14.7. The van der Waals surface area contributed by atoms with E-state index in [1.54, 1.807) is 24.3 Å². The zero-order chi connectivity index (χ0) is 18.4. The maximum Gasteiger partial charge on any atom is 0.305 e. The summed E-state index contributed by atoms with van der Waals surface area (Å²) in [6, 6.07) is 6.87. The second-order valence-electron chi connectivity index (χ2n) is 6.89. The van der Waals surface area contributed by atoms with E-state index in [2.05, 4.69) is 5.32 Å². The van der Waals surface area contributed by atoms with E-state index in [0.29, 0.717) is 44.0 Å². The molecule has 0 aliphatic carbocycles. The molecule has 7 nitrogen and oxygen atoms in total. The summed E-state index contributed by atoms with van der Waals surface area (Å²) < 4.78 is 16.5. The molecule has 0 unspecified atom stereocenters. The van der Waals surface area contributed by atoms with Gasteiger partial charge in [-0.25, -0.2) is 0 Å². The summed E-state index contributed by atoms with van der Waals surface area (Å²) in [4.78, 5) is 23.8. The van der Waals surface area contributed by atoms with Gasteiger partial charge in [0.15, 0.2) is 0 Å². The Morgan fingerprint density at radius 2 is 1.92 bits per heavy atom. The lowest BCUT2D eigenvalue weighted by Gasteiger charge is -2.36. The van der Waals surface area contributed by atoms with E-state index in [9.17, 15) is 14.7 Å². The van der Waals surface area contributed by atoms with Crippen molar-refractivity contribution in [2.45, 2.75) is 43.7 Å². The van der Waals surface area contributed by atoms with Crippen molar-refractivity contribution < 1.29 is 28.9 Å². The van der Waals surface area contributed by atoms with Crippen molar-refractivity contribution >= 4 is 11.9 Å². The molecule has 0 aromatic heterocycles. The molecular formula is C19H25NO6. The molecule has 2 aliphatic rings. The first-order valence-electron chi connectivity index (χ1n) is 9.03. The Hall–Kier alpha value is -2.12. The van der Waals surface area contributed by atoms with E-state index >= 15 is 0 Å². The summed E-state index contributed by atoms with van der Waals surface area (Å²) in [5, 5.41) is 12.1. The minimum absolute atomic E-state index is 0.106. The van der Waals surface area contributed by atoms with Crippen molar-refractivity contribution in [1.29, 1.82) is 0 Å². The maximum absolute atomic E-state index is 12.6. The van der Waals surface area contributed by atoms with Crippen molar-refractivity contribution in [3.8, 4) is 5.75 Å². The monoisotopic (exact) mass is 363 g/mol. The summed E-state index contributed by atoms with van der Waals surface area (Å²) in [5.41, 5.74) is -0.276. The average molecular weight is 363 g/mol. The number of amides is 1. The molecule has 1 aromatic carbocycles. The first kappa shape index (κ1) is 18.7. The topological polar surface area (TPSA) is 94.1 Å². The van der Waals surface area contributed by atoms with Gasteiger partial charge in [-0.1, -0.05) is 0 Å². The lowest BCUT2D eigenvalue weighted by atomic mass is 9.86. The van der Waals surface area contributed by atoms with Crippen LogP contribution in [-0.4, -0.2) is 55.1 Å². The van der Waals surface area contributed by atoms with Gasteiger partial charge in [0, 0.05) is 25.4 Å². The van der Waals surface area contributed by atoms with Crippen LogP contribution in [0.25, 0.3) is 0 Å². The molecule has 0 bridgehead atoms. The summed E-state index contributed by atoms with van der Waals surface area (Å²) in [6.45, 7) is 2.19. The van der Waals surface area contributed by atoms with Crippen LogP contribution in [0.3, 0.4) is 0 Å². The number of nitrogens with one attached hydrogen (secondary N) is 1. The van der Waals surface area contributed by atoms with E-state index in [1.165, 1.54) is 0 Å². The third-order valence-electron chi connectivity index (χ3n) is 4.89. The second kappa shape index (κ2) is 8.51. The fourth-order valence-electron chi connectivity index (χ4n) is 3.38. The molecule has 0 saturated carbocycles. The number of hydrogen-bond acceptors (Lipinski definition) is 5. The quantitative estimate of drug-likeness (QED) is 0.769. The molecule has 2 saturated heterocycles. The number of carbonyl (C=O) groups is 2. The summed E-state index contributed by atoms with van der Waals surface area (Å²) >= 11 is 0. The number of carboxylic acids is 1. The van der Waals surface area contributed by atoms with Crippen LogP contribution in [0.15, 0.2) is 24.3 Å². The first-order chi connectivity index (χ1) is 12.6. The van der Waals surface area contributed by atoms with Crippen molar-refractivity contribution in [1.82, 2.24) is 5.32 Å². The Balaban J connectivity index is 1.58. The van der Waals surface area contributed by atoms with E-state index in [4.69, 9.17) is 14.2 Å². The van der Waals surface area contributed by atoms with E-state index in [-0.39, 0.29) is 18.4 Å². The molecule has 2 aliphatic heterocycles. The Kier molecular flexibility index (Phi) is 6.11. The molecule has 26 heavy (non-hydrogen) atoms. The molecule has 0 spiro atoms. The van der Waals surface area contributed by atoms with Crippen molar-refractivity contribution in [2.24, 2.45) is 0 Å². The van der Waals surface area contributed by atoms with Crippen LogP contribution in [0.2, 0.25) is 0 Å². The molecule has 7 heteroatoms. The van der Waals surface area contributed by atoms with Crippen LogP contribution in [0.4, 0.5) is 0 Å². The third-order valence-corrected chi connectivity index (χ3v) is 4.89. The number of carboxylic acid groups (broad SMARTS) is 1. The first-order valence-corrected chi connectivity index (χ1v) is 9.03. The molecule has 2 fully saturated rings. The highest BCUT2D eigenvalue weighted by Gasteiger charge is 2.36. The van der Waals surface area contributed by atoms with E-state index in [1.807, 2.05) is 0 Å². The number of aliphatic carboxylic acids is 1. The van der Waals surface area contributed by atoms with Gasteiger partial charge in [0.1, 0.15) is 12.4 Å². The average Bonchev–Trinajstić information content (AvgIpc) is 3.14. The number of rotatable bonds is 7. The number of hydrogen-bond donors (Lipinski definition) is 2. The molecule has 1 aromatic rings. The fourth-order valence-corrected chi connectivity index (χ4v) is 3.38. The van der Waals surface area contributed by atoms with Gasteiger partial charge in [-0.15, -0.1) is 0 Å². The van der Waals surface area contributed by atoms with Crippen LogP contribution in [0, 0.1) is 0 Å². The molecule has 3 rings (SSSR count). The predicted octanol–water partition coefficient (Wildman–Crippen LogP) is 2.00. The fraction of sp³-hybridized carbons (Fsp3) is 0.579. The Bertz CT molecular complexity index is 617.